The van der Waals surface area contributed by atoms with Gasteiger partial charge in [0.1, 0.15) is 0 Å². The Hall–Kier alpha value is -1.63. The maximum absolute atomic E-state index is 11.6. The van der Waals surface area contributed by atoms with E-state index in [2.05, 4.69) is 32.9 Å². The standard InChI is InChI=1S/C16H18O/c1-11(17)12-7-5-9-14-13(12)8-6-10-15(14)16(2,3)4/h5-10H,1-4H3. The van der Waals surface area contributed by atoms with Crippen LogP contribution in [0.5, 0.6) is 0 Å². The number of carbonyl (C=O) groups excluding carboxylic acids is 1. The van der Waals surface area contributed by atoms with Crippen LogP contribution in [0.3, 0.4) is 0 Å². The van der Waals surface area contributed by atoms with E-state index in [0.29, 0.717) is 0 Å². The van der Waals surface area contributed by atoms with Gasteiger partial charge in [-0.15, -0.1) is 0 Å². The number of fused-ring (bicyclic) bond motifs is 1. The highest BCUT2D eigenvalue weighted by atomic mass is 16.1. The van der Waals surface area contributed by atoms with Crippen LogP contribution in [0.1, 0.15) is 43.6 Å². The fourth-order valence-electron chi connectivity index (χ4n) is 2.27. The lowest BCUT2D eigenvalue weighted by atomic mass is 9.83. The van der Waals surface area contributed by atoms with Crippen LogP contribution in [0.2, 0.25) is 0 Å². The van der Waals surface area contributed by atoms with E-state index in [9.17, 15) is 4.79 Å². The molecule has 2 aromatic carbocycles. The van der Waals surface area contributed by atoms with Crippen molar-refractivity contribution >= 4 is 16.6 Å². The molecule has 0 heterocycles. The lowest BCUT2D eigenvalue weighted by Crippen LogP contribution is -2.11. The molecule has 0 spiro atoms. The van der Waals surface area contributed by atoms with Crippen molar-refractivity contribution in [1.29, 1.82) is 0 Å². The van der Waals surface area contributed by atoms with Crippen molar-refractivity contribution in [3.05, 3.63) is 47.5 Å². The van der Waals surface area contributed by atoms with E-state index in [4.69, 9.17) is 0 Å². The van der Waals surface area contributed by atoms with Crippen LogP contribution in [-0.4, -0.2) is 5.78 Å². The van der Waals surface area contributed by atoms with Crippen LogP contribution < -0.4 is 0 Å². The summed E-state index contributed by atoms with van der Waals surface area (Å²) in [5, 5.41) is 2.25. The summed E-state index contributed by atoms with van der Waals surface area (Å²) in [5.41, 5.74) is 2.20. The predicted molar refractivity (Wildman–Crippen MR) is 72.7 cm³/mol. The van der Waals surface area contributed by atoms with E-state index < -0.39 is 0 Å². The van der Waals surface area contributed by atoms with Crippen molar-refractivity contribution in [1.82, 2.24) is 0 Å². The number of ketones is 1. The molecular weight excluding hydrogens is 208 g/mol. The Labute approximate surface area is 102 Å². The first-order valence-electron chi connectivity index (χ1n) is 5.94. The van der Waals surface area contributed by atoms with E-state index in [0.717, 1.165) is 10.9 Å². The molecule has 17 heavy (non-hydrogen) atoms. The average Bonchev–Trinajstić information content (AvgIpc) is 2.26. The predicted octanol–water partition coefficient (Wildman–Crippen LogP) is 4.34. The Morgan fingerprint density at radius 3 is 2.12 bits per heavy atom. The van der Waals surface area contributed by atoms with Gasteiger partial charge in [-0.2, -0.15) is 0 Å². The van der Waals surface area contributed by atoms with Gasteiger partial charge >= 0.3 is 0 Å². The number of hydrogen-bond donors (Lipinski definition) is 0. The second-order valence-corrected chi connectivity index (χ2v) is 5.51. The summed E-state index contributed by atoms with van der Waals surface area (Å²) in [5.74, 6) is 0.127. The Bertz CT molecular complexity index is 574. The minimum absolute atomic E-state index is 0.0922. The molecule has 88 valence electrons. The van der Waals surface area contributed by atoms with Gasteiger partial charge in [-0.1, -0.05) is 57.2 Å². The monoisotopic (exact) mass is 226 g/mol. The maximum Gasteiger partial charge on any atom is 0.160 e. The molecule has 0 aliphatic carbocycles. The van der Waals surface area contributed by atoms with Crippen molar-refractivity contribution in [3.8, 4) is 0 Å². The van der Waals surface area contributed by atoms with E-state index in [1.807, 2.05) is 24.3 Å². The van der Waals surface area contributed by atoms with Crippen molar-refractivity contribution in [2.75, 3.05) is 0 Å². The summed E-state index contributed by atoms with van der Waals surface area (Å²) in [6, 6.07) is 12.2. The average molecular weight is 226 g/mol. The molecule has 0 aliphatic rings. The fourth-order valence-corrected chi connectivity index (χ4v) is 2.27. The van der Waals surface area contributed by atoms with Crippen LogP contribution >= 0.6 is 0 Å². The highest BCUT2D eigenvalue weighted by Crippen LogP contribution is 2.31. The first-order valence-corrected chi connectivity index (χ1v) is 5.94. The van der Waals surface area contributed by atoms with Crippen LogP contribution in [0.25, 0.3) is 10.8 Å². The maximum atomic E-state index is 11.6. The molecule has 1 nitrogen and oxygen atoms in total. The van der Waals surface area contributed by atoms with Gasteiger partial charge in [0.05, 0.1) is 0 Å². The second-order valence-electron chi connectivity index (χ2n) is 5.51. The van der Waals surface area contributed by atoms with Gasteiger partial charge in [-0.05, 0) is 28.7 Å². The molecule has 2 aromatic rings. The first-order chi connectivity index (χ1) is 7.91. The summed E-state index contributed by atoms with van der Waals surface area (Å²) in [6.45, 7) is 8.21. The Balaban J connectivity index is 2.84. The molecule has 0 fully saturated rings. The summed E-state index contributed by atoms with van der Waals surface area (Å²) >= 11 is 0. The zero-order valence-corrected chi connectivity index (χ0v) is 10.9. The molecule has 0 unspecified atom stereocenters. The second kappa shape index (κ2) is 3.99. The van der Waals surface area contributed by atoms with Gasteiger partial charge in [0.25, 0.3) is 0 Å². The summed E-state index contributed by atoms with van der Waals surface area (Å²) in [7, 11) is 0. The van der Waals surface area contributed by atoms with Gasteiger partial charge in [0.15, 0.2) is 5.78 Å². The van der Waals surface area contributed by atoms with E-state index in [-0.39, 0.29) is 11.2 Å². The van der Waals surface area contributed by atoms with Gasteiger partial charge in [0, 0.05) is 5.56 Å². The zero-order valence-electron chi connectivity index (χ0n) is 10.9. The smallest absolute Gasteiger partial charge is 0.160 e. The van der Waals surface area contributed by atoms with Crippen molar-refractivity contribution in [3.63, 3.8) is 0 Å². The molecule has 0 aliphatic heterocycles. The molecule has 0 saturated carbocycles. The number of carbonyl (C=O) groups is 1. The molecule has 0 amide bonds. The van der Waals surface area contributed by atoms with Crippen LogP contribution in [0.15, 0.2) is 36.4 Å². The summed E-state index contributed by atoms with van der Waals surface area (Å²) < 4.78 is 0. The first kappa shape index (κ1) is 11.8. The van der Waals surface area contributed by atoms with E-state index >= 15 is 0 Å². The number of hydrogen-bond acceptors (Lipinski definition) is 1. The molecule has 0 atom stereocenters. The number of benzene rings is 2. The Kier molecular flexibility index (Phi) is 2.78. The molecular formula is C16H18O. The van der Waals surface area contributed by atoms with E-state index in [1.54, 1.807) is 6.92 Å². The molecule has 0 radical (unpaired) electrons. The van der Waals surface area contributed by atoms with Gasteiger partial charge < -0.3 is 0 Å². The molecule has 0 N–H and O–H groups in total. The fraction of sp³-hybridized carbons (Fsp3) is 0.312. The van der Waals surface area contributed by atoms with Crippen LogP contribution in [0, 0.1) is 0 Å². The minimum Gasteiger partial charge on any atom is -0.294 e. The third kappa shape index (κ3) is 2.10. The third-order valence-corrected chi connectivity index (χ3v) is 3.11. The quantitative estimate of drug-likeness (QED) is 0.661. The van der Waals surface area contributed by atoms with Crippen molar-refractivity contribution in [2.45, 2.75) is 33.1 Å². The normalized spacial score (nSPS) is 11.8. The molecule has 0 saturated heterocycles. The van der Waals surface area contributed by atoms with E-state index in [1.165, 1.54) is 10.9 Å². The molecule has 0 bridgehead atoms. The van der Waals surface area contributed by atoms with Crippen LogP contribution in [0.4, 0.5) is 0 Å². The molecule has 2 rings (SSSR count). The lowest BCUT2D eigenvalue weighted by Gasteiger charge is -2.21. The Morgan fingerprint density at radius 1 is 0.941 bits per heavy atom. The van der Waals surface area contributed by atoms with Gasteiger partial charge in [-0.3, -0.25) is 4.79 Å². The lowest BCUT2D eigenvalue weighted by molar-refractivity contribution is 0.101. The van der Waals surface area contributed by atoms with Crippen molar-refractivity contribution < 1.29 is 4.79 Å². The molecule has 0 aromatic heterocycles. The summed E-state index contributed by atoms with van der Waals surface area (Å²) in [6.07, 6.45) is 0. The zero-order chi connectivity index (χ0) is 12.6. The number of rotatable bonds is 1. The molecule has 1 heteroatoms. The van der Waals surface area contributed by atoms with Crippen molar-refractivity contribution in [2.24, 2.45) is 0 Å². The summed E-state index contributed by atoms with van der Waals surface area (Å²) in [4.78, 5) is 11.6. The topological polar surface area (TPSA) is 17.1 Å². The van der Waals surface area contributed by atoms with Crippen LogP contribution in [-0.2, 0) is 5.41 Å². The van der Waals surface area contributed by atoms with Gasteiger partial charge in [-0.25, -0.2) is 0 Å². The minimum atomic E-state index is 0.0922. The van der Waals surface area contributed by atoms with Gasteiger partial charge in [0.2, 0.25) is 0 Å². The highest BCUT2D eigenvalue weighted by Gasteiger charge is 2.17. The Morgan fingerprint density at radius 2 is 1.53 bits per heavy atom. The highest BCUT2D eigenvalue weighted by molar-refractivity contribution is 6.07. The number of Topliss-reactive ketones (excluding diaryl/α,β-unsaturated/α-hetero) is 1. The SMILES string of the molecule is CC(=O)c1cccc2c(C(C)(C)C)cccc12. The largest absolute Gasteiger partial charge is 0.294 e. The third-order valence-electron chi connectivity index (χ3n) is 3.11.